The minimum atomic E-state index is -0.378. The van der Waals surface area contributed by atoms with Crippen LogP contribution in [0.4, 0.5) is 5.69 Å². The van der Waals surface area contributed by atoms with Crippen molar-refractivity contribution in [3.63, 3.8) is 0 Å². The smallest absolute Gasteiger partial charge is 0.310 e. The molecule has 0 saturated heterocycles. The Bertz CT molecular complexity index is 372. The monoisotopic (exact) mass is 245 g/mol. The van der Waals surface area contributed by atoms with Gasteiger partial charge >= 0.3 is 5.97 Å². The molecule has 0 radical (unpaired) electrons. The highest BCUT2D eigenvalue weighted by Gasteiger charge is 2.12. The molecule has 0 unspecified atom stereocenters. The molecule has 0 aliphatic heterocycles. The number of para-hydroxylation sites is 2. The molecule has 0 heterocycles. The number of rotatable bonds is 4. The van der Waals surface area contributed by atoms with Crippen LogP contribution in [-0.4, -0.2) is 5.97 Å². The lowest BCUT2D eigenvalue weighted by Crippen LogP contribution is -2.07. The van der Waals surface area contributed by atoms with Crippen molar-refractivity contribution in [1.29, 1.82) is 0 Å². The fraction of sp³-hybridized carbons (Fsp3) is 0.222. The quantitative estimate of drug-likeness (QED) is 0.354. The molecule has 1 aromatic carbocycles. The highest BCUT2D eigenvalue weighted by atomic mass is 35.5. The molecular formula is C9H9ClNO3P. The van der Waals surface area contributed by atoms with E-state index >= 15 is 0 Å². The predicted octanol–water partition coefficient (Wildman–Crippen LogP) is 3.17. The first-order valence-corrected chi connectivity index (χ1v) is 5.38. The van der Waals surface area contributed by atoms with E-state index in [1.54, 1.807) is 31.2 Å². The second-order valence-electron chi connectivity index (χ2n) is 2.64. The van der Waals surface area contributed by atoms with Crippen LogP contribution in [0.2, 0.25) is 0 Å². The van der Waals surface area contributed by atoms with E-state index in [-0.39, 0.29) is 21.0 Å². The maximum Gasteiger partial charge on any atom is 0.310 e. The van der Waals surface area contributed by atoms with Crippen molar-refractivity contribution in [3.05, 3.63) is 24.3 Å². The Morgan fingerprint density at radius 2 is 2.20 bits per heavy atom. The number of hydrogen-bond acceptors (Lipinski definition) is 3. The Kier molecular flexibility index (Phi) is 4.53. The summed E-state index contributed by atoms with van der Waals surface area (Å²) >= 11 is 5.64. The van der Waals surface area contributed by atoms with Gasteiger partial charge < -0.3 is 4.74 Å². The van der Waals surface area contributed by atoms with Gasteiger partial charge in [-0.3, -0.25) is 4.79 Å². The predicted molar refractivity (Wildman–Crippen MR) is 58.3 cm³/mol. The van der Waals surface area contributed by atoms with Gasteiger partial charge in [0.15, 0.2) is 5.75 Å². The summed E-state index contributed by atoms with van der Waals surface area (Å²) in [5.41, 5.74) is 0.387. The molecule has 1 rings (SSSR count). The molecule has 0 aromatic heterocycles. The molecule has 0 saturated carbocycles. The lowest BCUT2D eigenvalue weighted by Gasteiger charge is -2.11. The van der Waals surface area contributed by atoms with Gasteiger partial charge in [0.2, 0.25) is 0 Å². The minimum absolute atomic E-state index is 0.270. The van der Waals surface area contributed by atoms with E-state index in [2.05, 4.69) is 0 Å². The molecule has 0 aliphatic rings. The number of benzene rings is 1. The number of ether oxygens (including phenoxy) is 1. The van der Waals surface area contributed by atoms with Crippen molar-refractivity contribution in [3.8, 4) is 5.75 Å². The molecule has 0 aliphatic carbocycles. The summed E-state index contributed by atoms with van der Waals surface area (Å²) in [6, 6.07) is 6.60. The van der Waals surface area contributed by atoms with Crippen LogP contribution in [0.25, 0.3) is 0 Å². The zero-order chi connectivity index (χ0) is 11.3. The number of halogens is 1. The lowest BCUT2D eigenvalue weighted by atomic mass is 10.3. The normalized spacial score (nSPS) is 10.0. The Morgan fingerprint density at radius 3 is 2.80 bits per heavy atom. The van der Waals surface area contributed by atoms with Crippen LogP contribution in [0.5, 0.6) is 5.75 Å². The Hall–Kier alpha value is -1.12. The third-order valence-corrected chi connectivity index (χ3v) is 2.37. The third kappa shape index (κ3) is 3.18. The van der Waals surface area contributed by atoms with E-state index in [1.807, 2.05) is 0 Å². The molecule has 0 fully saturated rings. The average molecular weight is 246 g/mol. The van der Waals surface area contributed by atoms with Gasteiger partial charge in [-0.05, 0) is 12.1 Å². The van der Waals surface area contributed by atoms with Gasteiger partial charge in [0, 0.05) is 18.2 Å². The van der Waals surface area contributed by atoms with E-state index in [1.165, 1.54) is 0 Å². The van der Waals surface area contributed by atoms with E-state index in [4.69, 9.17) is 16.5 Å². The minimum Gasteiger partial charge on any atom is -0.424 e. The van der Waals surface area contributed by atoms with Crippen molar-refractivity contribution >= 4 is 32.0 Å². The molecule has 15 heavy (non-hydrogen) atoms. The summed E-state index contributed by atoms with van der Waals surface area (Å²) in [5.74, 6) is -0.0715. The van der Waals surface area contributed by atoms with Crippen LogP contribution in [0.15, 0.2) is 24.3 Å². The van der Waals surface area contributed by atoms with Gasteiger partial charge in [-0.15, -0.1) is 0 Å². The topological polar surface area (TPSA) is 46.6 Å². The van der Waals surface area contributed by atoms with Gasteiger partial charge in [0.05, 0.1) is 0 Å². The third-order valence-electron chi connectivity index (χ3n) is 1.65. The molecule has 80 valence electrons. The molecule has 1 aromatic rings. The first-order chi connectivity index (χ1) is 7.19. The van der Waals surface area contributed by atoms with Crippen LogP contribution >= 0.6 is 20.4 Å². The number of anilines is 1. The summed E-state index contributed by atoms with van der Waals surface area (Å²) in [4.78, 5) is 11.1. The van der Waals surface area contributed by atoms with E-state index in [9.17, 15) is 9.36 Å². The maximum absolute atomic E-state index is 11.1. The number of carbonyl (C=O) groups is 1. The maximum atomic E-state index is 11.1. The average Bonchev–Trinajstić information content (AvgIpc) is 2.28. The molecule has 0 N–H and O–H groups in total. The summed E-state index contributed by atoms with van der Waals surface area (Å²) in [6.07, 6.45) is 0.270. The largest absolute Gasteiger partial charge is 0.424 e. The molecule has 0 bridgehead atoms. The van der Waals surface area contributed by atoms with E-state index in [0.717, 1.165) is 4.19 Å². The van der Waals surface area contributed by atoms with Crippen LogP contribution in [0.1, 0.15) is 13.3 Å². The fourth-order valence-corrected chi connectivity index (χ4v) is 1.33. The van der Waals surface area contributed by atoms with Crippen molar-refractivity contribution in [2.75, 3.05) is 4.19 Å². The SMILES string of the molecule is CCC(=O)Oc1ccccc1N(Cl)P=O. The highest BCUT2D eigenvalue weighted by Crippen LogP contribution is 2.33. The molecule has 0 amide bonds. The summed E-state index contributed by atoms with van der Waals surface area (Å²) in [5, 5.41) is 0. The van der Waals surface area contributed by atoms with E-state index in [0.29, 0.717) is 11.4 Å². The van der Waals surface area contributed by atoms with Gasteiger partial charge in [0.1, 0.15) is 5.69 Å². The van der Waals surface area contributed by atoms with E-state index < -0.39 is 0 Å². The zero-order valence-corrected chi connectivity index (χ0v) is 9.66. The number of carbonyl (C=O) groups excluding carboxylic acids is 1. The van der Waals surface area contributed by atoms with Crippen molar-refractivity contribution in [2.45, 2.75) is 13.3 Å². The second-order valence-corrected chi connectivity index (χ2v) is 3.77. The molecule has 4 nitrogen and oxygen atoms in total. The Morgan fingerprint density at radius 1 is 1.53 bits per heavy atom. The fourth-order valence-electron chi connectivity index (χ4n) is 0.935. The van der Waals surface area contributed by atoms with Crippen LogP contribution in [-0.2, 0) is 9.36 Å². The molecule has 0 spiro atoms. The first-order valence-electron chi connectivity index (χ1n) is 4.28. The van der Waals surface area contributed by atoms with Gasteiger partial charge in [-0.25, -0.2) is 4.57 Å². The van der Waals surface area contributed by atoms with Crippen molar-refractivity contribution < 1.29 is 14.1 Å². The lowest BCUT2D eigenvalue weighted by molar-refractivity contribution is -0.133. The van der Waals surface area contributed by atoms with Gasteiger partial charge in [0.25, 0.3) is 8.61 Å². The van der Waals surface area contributed by atoms with Crippen molar-refractivity contribution in [1.82, 2.24) is 0 Å². The molecule has 6 heteroatoms. The number of hydrogen-bond donors (Lipinski definition) is 0. The zero-order valence-electron chi connectivity index (χ0n) is 8.01. The van der Waals surface area contributed by atoms with Gasteiger partial charge in [-0.1, -0.05) is 19.1 Å². The molecular weight excluding hydrogens is 237 g/mol. The first kappa shape index (κ1) is 12.0. The summed E-state index contributed by atoms with van der Waals surface area (Å²) in [6.45, 7) is 1.69. The van der Waals surface area contributed by atoms with Crippen LogP contribution in [0.3, 0.4) is 0 Å². The Labute approximate surface area is 94.2 Å². The number of esters is 1. The summed E-state index contributed by atoms with van der Waals surface area (Å²) in [7, 11) is -0.378. The van der Waals surface area contributed by atoms with Crippen LogP contribution in [0, 0.1) is 0 Å². The van der Waals surface area contributed by atoms with Crippen LogP contribution < -0.4 is 8.93 Å². The Balaban J connectivity index is 2.95. The van der Waals surface area contributed by atoms with Crippen molar-refractivity contribution in [2.24, 2.45) is 0 Å². The molecule has 0 atom stereocenters. The summed E-state index contributed by atoms with van der Waals surface area (Å²) < 4.78 is 16.5. The highest BCUT2D eigenvalue weighted by molar-refractivity contribution is 7.29. The second kappa shape index (κ2) is 5.69. The standard InChI is InChI=1S/C9H9ClNO3P/c1-2-9(12)14-8-6-4-3-5-7(8)11(10)15-13/h3-6H,2H2,1H3. The number of nitrogens with zero attached hydrogens (tertiary/aromatic N) is 1. The van der Waals surface area contributed by atoms with Gasteiger partial charge in [-0.2, -0.15) is 4.19 Å².